The van der Waals surface area contributed by atoms with Gasteiger partial charge in [-0.25, -0.2) is 9.21 Å². The molecular formula is C5H9ClNO2. The molecule has 0 heterocycles. The summed E-state index contributed by atoms with van der Waals surface area (Å²) < 4.78 is 5.39. The highest BCUT2D eigenvalue weighted by atomic mass is 35.5. The monoisotopic (exact) mass is 150 g/mol. The zero-order chi connectivity index (χ0) is 7.28. The second kappa shape index (κ2) is 4.44. The van der Waals surface area contributed by atoms with Gasteiger partial charge in [-0.3, -0.25) is 0 Å². The first-order valence-corrected chi connectivity index (χ1v) is 2.95. The van der Waals surface area contributed by atoms with E-state index in [9.17, 15) is 4.79 Å². The number of carbonyl (C=O) groups is 1. The Bertz CT molecular complexity index is 97.0. The summed E-state index contributed by atoms with van der Waals surface area (Å²) in [6, 6.07) is 0. The lowest BCUT2D eigenvalue weighted by atomic mass is 10.7. The molecule has 0 fully saturated rings. The van der Waals surface area contributed by atoms with E-state index in [0.717, 1.165) is 4.42 Å². The van der Waals surface area contributed by atoms with E-state index in [1.165, 1.54) is 0 Å². The molecule has 53 valence electrons. The van der Waals surface area contributed by atoms with Crippen molar-refractivity contribution >= 4 is 17.9 Å². The molecule has 0 N–H and O–H groups in total. The van der Waals surface area contributed by atoms with Crippen molar-refractivity contribution in [1.82, 2.24) is 4.42 Å². The van der Waals surface area contributed by atoms with Gasteiger partial charge in [-0.1, -0.05) is 0 Å². The molecule has 9 heavy (non-hydrogen) atoms. The fraction of sp³-hybridized carbons (Fsp3) is 0.600. The molecular weight excluding hydrogens is 142 g/mol. The first kappa shape index (κ1) is 8.56. The lowest BCUT2D eigenvalue weighted by Crippen LogP contribution is -2.21. The molecule has 0 spiro atoms. The Morgan fingerprint density at radius 3 is 2.78 bits per heavy atom. The standard InChI is InChI=1S/C5H9ClNO2/c1-3-7(6)5(8)9-4-2/h2-4H2,1H3. The number of hydrogen-bond donors (Lipinski definition) is 0. The molecule has 0 aliphatic rings. The molecule has 0 saturated heterocycles. The predicted octanol–water partition coefficient (Wildman–Crippen LogP) is 1.43. The van der Waals surface area contributed by atoms with Crippen LogP contribution in [0.2, 0.25) is 0 Å². The minimum atomic E-state index is -0.547. The van der Waals surface area contributed by atoms with Crippen LogP contribution in [0.4, 0.5) is 4.79 Å². The number of carbonyl (C=O) groups excluding carboxylic acids is 1. The molecule has 0 rings (SSSR count). The quantitative estimate of drug-likeness (QED) is 0.558. The van der Waals surface area contributed by atoms with Crippen molar-refractivity contribution in [3.63, 3.8) is 0 Å². The van der Waals surface area contributed by atoms with Gasteiger partial charge in [-0.2, -0.15) is 0 Å². The van der Waals surface area contributed by atoms with Crippen LogP contribution in [0.15, 0.2) is 0 Å². The molecule has 0 bridgehead atoms. The summed E-state index contributed by atoms with van der Waals surface area (Å²) >= 11 is 5.33. The van der Waals surface area contributed by atoms with E-state index in [1.807, 2.05) is 0 Å². The van der Waals surface area contributed by atoms with Crippen LogP contribution in [0.1, 0.15) is 6.92 Å². The Morgan fingerprint density at radius 2 is 2.44 bits per heavy atom. The first-order valence-electron chi connectivity index (χ1n) is 2.61. The van der Waals surface area contributed by atoms with E-state index in [2.05, 4.69) is 11.7 Å². The van der Waals surface area contributed by atoms with Crippen molar-refractivity contribution in [3.8, 4) is 0 Å². The van der Waals surface area contributed by atoms with E-state index in [-0.39, 0.29) is 6.61 Å². The zero-order valence-electron chi connectivity index (χ0n) is 5.26. The molecule has 0 aromatic heterocycles. The molecule has 1 amide bonds. The van der Waals surface area contributed by atoms with Crippen molar-refractivity contribution < 1.29 is 9.53 Å². The van der Waals surface area contributed by atoms with Gasteiger partial charge < -0.3 is 4.74 Å². The first-order chi connectivity index (χ1) is 4.22. The third-order valence-corrected chi connectivity index (χ3v) is 1.08. The second-order valence-corrected chi connectivity index (χ2v) is 1.70. The Morgan fingerprint density at radius 1 is 1.89 bits per heavy atom. The smallest absolute Gasteiger partial charge is 0.424 e. The molecule has 0 atom stereocenters. The molecule has 0 aliphatic carbocycles. The Kier molecular flexibility index (Phi) is 4.22. The van der Waals surface area contributed by atoms with Crippen LogP contribution in [0.3, 0.4) is 0 Å². The van der Waals surface area contributed by atoms with Gasteiger partial charge >= 0.3 is 6.09 Å². The van der Waals surface area contributed by atoms with Crippen LogP contribution in [-0.4, -0.2) is 23.7 Å². The Balaban J connectivity index is 3.46. The normalized spacial score (nSPS) is 8.78. The largest absolute Gasteiger partial charge is 0.449 e. The summed E-state index contributed by atoms with van der Waals surface area (Å²) in [6.07, 6.45) is -0.547. The molecule has 0 unspecified atom stereocenters. The minimum absolute atomic E-state index is 0.113. The number of hydrogen-bond acceptors (Lipinski definition) is 2. The van der Waals surface area contributed by atoms with Crippen LogP contribution in [-0.2, 0) is 4.74 Å². The topological polar surface area (TPSA) is 29.5 Å². The van der Waals surface area contributed by atoms with Crippen LogP contribution in [0.5, 0.6) is 0 Å². The number of nitrogens with zero attached hydrogens (tertiary/aromatic N) is 1. The summed E-state index contributed by atoms with van der Waals surface area (Å²) in [5.74, 6) is 0. The van der Waals surface area contributed by atoms with E-state index >= 15 is 0 Å². The van der Waals surface area contributed by atoms with Gasteiger partial charge in [-0.15, -0.1) is 0 Å². The molecule has 1 radical (unpaired) electrons. The number of amides is 1. The summed E-state index contributed by atoms with van der Waals surface area (Å²) in [4.78, 5) is 10.5. The SMILES string of the molecule is [CH2]COC(=O)N(Cl)CC. The van der Waals surface area contributed by atoms with Crippen LogP contribution < -0.4 is 0 Å². The molecule has 4 heteroatoms. The minimum Gasteiger partial charge on any atom is -0.449 e. The van der Waals surface area contributed by atoms with E-state index in [0.29, 0.717) is 6.54 Å². The van der Waals surface area contributed by atoms with Crippen molar-refractivity contribution in [2.24, 2.45) is 0 Å². The van der Waals surface area contributed by atoms with Crippen LogP contribution in [0.25, 0.3) is 0 Å². The average Bonchev–Trinajstić information content (AvgIpc) is 1.87. The van der Waals surface area contributed by atoms with Crippen LogP contribution >= 0.6 is 11.8 Å². The van der Waals surface area contributed by atoms with Gasteiger partial charge in [0.1, 0.15) is 0 Å². The van der Waals surface area contributed by atoms with Crippen LogP contribution in [0, 0.1) is 6.92 Å². The lowest BCUT2D eigenvalue weighted by molar-refractivity contribution is 0.138. The molecule has 0 saturated carbocycles. The van der Waals surface area contributed by atoms with E-state index in [4.69, 9.17) is 11.8 Å². The molecule has 3 nitrogen and oxygen atoms in total. The maximum atomic E-state index is 10.5. The van der Waals surface area contributed by atoms with Crippen molar-refractivity contribution in [2.45, 2.75) is 6.92 Å². The fourth-order valence-corrected chi connectivity index (χ4v) is 0.335. The highest BCUT2D eigenvalue weighted by Crippen LogP contribution is 1.96. The predicted molar refractivity (Wildman–Crippen MR) is 34.9 cm³/mol. The maximum absolute atomic E-state index is 10.5. The maximum Gasteiger partial charge on any atom is 0.424 e. The van der Waals surface area contributed by atoms with Gasteiger partial charge in [0.25, 0.3) is 0 Å². The molecule has 0 aliphatic heterocycles. The molecule has 0 aromatic carbocycles. The van der Waals surface area contributed by atoms with Gasteiger partial charge in [0.15, 0.2) is 0 Å². The summed E-state index contributed by atoms with van der Waals surface area (Å²) in [5, 5.41) is 0. The summed E-state index contributed by atoms with van der Waals surface area (Å²) in [6.45, 7) is 5.61. The van der Waals surface area contributed by atoms with Gasteiger partial charge in [0.05, 0.1) is 6.61 Å². The zero-order valence-corrected chi connectivity index (χ0v) is 6.02. The van der Waals surface area contributed by atoms with Crippen molar-refractivity contribution in [2.75, 3.05) is 13.2 Å². The second-order valence-electron chi connectivity index (χ2n) is 1.29. The van der Waals surface area contributed by atoms with Gasteiger partial charge in [0.2, 0.25) is 0 Å². The van der Waals surface area contributed by atoms with Crippen molar-refractivity contribution in [1.29, 1.82) is 0 Å². The van der Waals surface area contributed by atoms with Crippen molar-refractivity contribution in [3.05, 3.63) is 6.92 Å². The lowest BCUT2D eigenvalue weighted by Gasteiger charge is -2.08. The van der Waals surface area contributed by atoms with E-state index in [1.54, 1.807) is 6.92 Å². The number of ether oxygens (including phenoxy) is 1. The van der Waals surface area contributed by atoms with Gasteiger partial charge in [0, 0.05) is 18.3 Å². The molecule has 0 aromatic rings. The highest BCUT2D eigenvalue weighted by Gasteiger charge is 2.06. The number of halogens is 1. The van der Waals surface area contributed by atoms with E-state index < -0.39 is 6.09 Å². The Hall–Kier alpha value is -0.440. The highest BCUT2D eigenvalue weighted by molar-refractivity contribution is 6.20. The van der Waals surface area contributed by atoms with Gasteiger partial charge in [-0.05, 0) is 13.8 Å². The number of rotatable bonds is 2. The summed E-state index contributed by atoms with van der Waals surface area (Å²) in [7, 11) is 0. The Labute approximate surface area is 59.6 Å². The fourth-order valence-electron chi connectivity index (χ4n) is 0.286. The average molecular weight is 151 g/mol. The third kappa shape index (κ3) is 3.19. The third-order valence-electron chi connectivity index (χ3n) is 0.701. The summed E-state index contributed by atoms with van der Waals surface area (Å²) in [5.41, 5.74) is 0.